The Balaban J connectivity index is 1.70. The average Bonchev–Trinajstić information content (AvgIpc) is 2.76. The lowest BCUT2D eigenvalue weighted by Gasteiger charge is -2.07. The monoisotopic (exact) mass is 514 g/mol. The van der Waals surface area contributed by atoms with Gasteiger partial charge in [0.2, 0.25) is 0 Å². The quantitative estimate of drug-likeness (QED) is 0.181. The molecule has 0 bridgehead atoms. The average molecular weight is 516 g/mol. The van der Waals surface area contributed by atoms with E-state index in [-0.39, 0.29) is 5.57 Å². The fourth-order valence-corrected chi connectivity index (χ4v) is 3.08. The maximum absolute atomic E-state index is 12.4. The van der Waals surface area contributed by atoms with Gasteiger partial charge in [0.25, 0.3) is 5.91 Å². The van der Waals surface area contributed by atoms with E-state index in [1.165, 1.54) is 12.1 Å². The Bertz CT molecular complexity index is 1200. The van der Waals surface area contributed by atoms with E-state index in [4.69, 9.17) is 27.9 Å². The number of carbonyl (C=O) groups is 2. The number of amides is 1. The molecule has 0 saturated carbocycles. The molecule has 3 rings (SSSR count). The summed E-state index contributed by atoms with van der Waals surface area (Å²) in [4.78, 5) is 24.6. The first-order valence-corrected chi connectivity index (χ1v) is 10.4. The highest BCUT2D eigenvalue weighted by atomic mass is 79.9. The first-order chi connectivity index (χ1) is 14.9. The van der Waals surface area contributed by atoms with Crippen LogP contribution in [0.3, 0.4) is 0 Å². The third-order valence-corrected chi connectivity index (χ3v) is 5.12. The van der Waals surface area contributed by atoms with E-state index in [1.54, 1.807) is 60.7 Å². The van der Waals surface area contributed by atoms with E-state index in [2.05, 4.69) is 21.2 Å². The first kappa shape index (κ1) is 22.6. The Morgan fingerprint density at radius 2 is 1.68 bits per heavy atom. The molecule has 0 unspecified atom stereocenters. The summed E-state index contributed by atoms with van der Waals surface area (Å²) in [5, 5.41) is 12.6. The van der Waals surface area contributed by atoms with Crippen molar-refractivity contribution in [3.8, 4) is 11.8 Å². The van der Waals surface area contributed by atoms with Crippen molar-refractivity contribution in [3.63, 3.8) is 0 Å². The minimum absolute atomic E-state index is 0.129. The summed E-state index contributed by atoms with van der Waals surface area (Å²) in [6.45, 7) is 0. The van der Waals surface area contributed by atoms with Crippen molar-refractivity contribution in [1.82, 2.24) is 0 Å². The van der Waals surface area contributed by atoms with Gasteiger partial charge in [0, 0.05) is 9.50 Å². The van der Waals surface area contributed by atoms with Crippen molar-refractivity contribution in [2.45, 2.75) is 0 Å². The van der Waals surface area contributed by atoms with Gasteiger partial charge in [0.1, 0.15) is 17.4 Å². The summed E-state index contributed by atoms with van der Waals surface area (Å²) in [5.74, 6) is -0.789. The number of rotatable bonds is 5. The van der Waals surface area contributed by atoms with Crippen LogP contribution in [0.2, 0.25) is 10.0 Å². The molecule has 31 heavy (non-hydrogen) atoms. The molecule has 5 nitrogen and oxygen atoms in total. The molecule has 0 aromatic heterocycles. The van der Waals surface area contributed by atoms with E-state index in [1.807, 2.05) is 6.07 Å². The summed E-state index contributed by atoms with van der Waals surface area (Å²) >= 11 is 15.3. The van der Waals surface area contributed by atoms with Crippen LogP contribution in [0, 0.1) is 11.3 Å². The third-order valence-electron chi connectivity index (χ3n) is 4.02. The molecule has 0 radical (unpaired) electrons. The highest BCUT2D eigenvalue weighted by molar-refractivity contribution is 9.10. The minimum atomic E-state index is -0.627. The first-order valence-electron chi connectivity index (χ1n) is 8.82. The molecule has 0 aliphatic rings. The zero-order valence-electron chi connectivity index (χ0n) is 15.7. The Kier molecular flexibility index (Phi) is 7.48. The lowest BCUT2D eigenvalue weighted by Crippen LogP contribution is -2.13. The Hall–Kier alpha value is -3.11. The molecule has 0 saturated heterocycles. The molecular formula is C23H13BrCl2N2O3. The van der Waals surface area contributed by atoms with Crippen LogP contribution in [0.15, 0.2) is 76.8 Å². The van der Waals surface area contributed by atoms with Crippen LogP contribution < -0.4 is 10.1 Å². The highest BCUT2D eigenvalue weighted by Crippen LogP contribution is 2.26. The van der Waals surface area contributed by atoms with E-state index in [0.29, 0.717) is 32.6 Å². The minimum Gasteiger partial charge on any atom is -0.423 e. The summed E-state index contributed by atoms with van der Waals surface area (Å²) < 4.78 is 6.19. The van der Waals surface area contributed by atoms with Crippen LogP contribution in [-0.4, -0.2) is 11.9 Å². The topological polar surface area (TPSA) is 79.2 Å². The largest absolute Gasteiger partial charge is 0.423 e. The Morgan fingerprint density at radius 3 is 2.32 bits per heavy atom. The number of anilines is 1. The number of benzene rings is 3. The zero-order chi connectivity index (χ0) is 22.4. The molecule has 0 atom stereocenters. The second-order valence-electron chi connectivity index (χ2n) is 6.21. The normalized spacial score (nSPS) is 10.8. The van der Waals surface area contributed by atoms with Crippen molar-refractivity contribution in [2.75, 3.05) is 5.32 Å². The molecule has 3 aromatic rings. The van der Waals surface area contributed by atoms with Gasteiger partial charge in [-0.1, -0.05) is 51.3 Å². The maximum atomic E-state index is 12.4. The van der Waals surface area contributed by atoms with Gasteiger partial charge in [-0.15, -0.1) is 0 Å². The number of nitrogens with zero attached hydrogens (tertiary/aromatic N) is 1. The molecule has 154 valence electrons. The smallest absolute Gasteiger partial charge is 0.343 e. The van der Waals surface area contributed by atoms with Crippen LogP contribution in [0.1, 0.15) is 15.9 Å². The van der Waals surface area contributed by atoms with Gasteiger partial charge < -0.3 is 10.1 Å². The summed E-state index contributed by atoms with van der Waals surface area (Å²) in [6, 6.07) is 19.7. The van der Waals surface area contributed by atoms with E-state index < -0.39 is 11.9 Å². The number of carbonyl (C=O) groups excluding carboxylic acids is 2. The number of ether oxygens (including phenoxy) is 1. The predicted molar refractivity (Wildman–Crippen MR) is 124 cm³/mol. The molecule has 0 heterocycles. The predicted octanol–water partition coefficient (Wildman–Crippen LogP) is 6.52. The second-order valence-corrected chi connectivity index (χ2v) is 7.97. The fourth-order valence-electron chi connectivity index (χ4n) is 2.48. The summed E-state index contributed by atoms with van der Waals surface area (Å²) in [5.41, 5.74) is 1.16. The number of hydrogen-bond donors (Lipinski definition) is 1. The van der Waals surface area contributed by atoms with Crippen LogP contribution in [0.4, 0.5) is 5.69 Å². The van der Waals surface area contributed by atoms with Gasteiger partial charge in [-0.2, -0.15) is 5.26 Å². The lowest BCUT2D eigenvalue weighted by molar-refractivity contribution is -0.112. The molecule has 0 aliphatic heterocycles. The lowest BCUT2D eigenvalue weighted by atomic mass is 10.1. The molecular weight excluding hydrogens is 503 g/mol. The van der Waals surface area contributed by atoms with Crippen molar-refractivity contribution in [2.24, 2.45) is 0 Å². The van der Waals surface area contributed by atoms with Gasteiger partial charge in [0.15, 0.2) is 0 Å². The van der Waals surface area contributed by atoms with Gasteiger partial charge in [-0.3, -0.25) is 4.79 Å². The molecule has 0 spiro atoms. The van der Waals surface area contributed by atoms with E-state index in [9.17, 15) is 14.9 Å². The van der Waals surface area contributed by atoms with Gasteiger partial charge >= 0.3 is 5.97 Å². The van der Waals surface area contributed by atoms with Crippen molar-refractivity contribution < 1.29 is 14.3 Å². The van der Waals surface area contributed by atoms with Gasteiger partial charge in [-0.25, -0.2) is 4.79 Å². The number of hydrogen-bond acceptors (Lipinski definition) is 4. The SMILES string of the molecule is N#C/C(=C/c1ccc(OC(=O)c2ccc(Br)cc2)cc1)C(=O)Nc1cc(Cl)ccc1Cl. The van der Waals surface area contributed by atoms with E-state index >= 15 is 0 Å². The van der Waals surface area contributed by atoms with Crippen molar-refractivity contribution in [1.29, 1.82) is 5.26 Å². The number of nitrogens with one attached hydrogen (secondary N) is 1. The van der Waals surface area contributed by atoms with E-state index in [0.717, 1.165) is 4.47 Å². The second kappa shape index (κ2) is 10.3. The Labute approximate surface area is 197 Å². The molecule has 1 amide bonds. The maximum Gasteiger partial charge on any atom is 0.343 e. The van der Waals surface area contributed by atoms with Crippen LogP contribution in [0.25, 0.3) is 6.08 Å². The molecule has 0 aliphatic carbocycles. The zero-order valence-corrected chi connectivity index (χ0v) is 18.8. The van der Waals surface area contributed by atoms with Gasteiger partial charge in [-0.05, 0) is 66.2 Å². The highest BCUT2D eigenvalue weighted by Gasteiger charge is 2.13. The standard InChI is InChI=1S/C23H13BrCl2N2O3/c24-17-5-3-15(4-6-17)23(30)31-19-8-1-14(2-9-19)11-16(13-27)22(29)28-21-12-18(25)7-10-20(21)26/h1-12H,(H,28,29)/b16-11-. The van der Waals surface area contributed by atoms with Crippen LogP contribution >= 0.6 is 39.1 Å². The molecule has 1 N–H and O–H groups in total. The fraction of sp³-hybridized carbons (Fsp3) is 0. The summed E-state index contributed by atoms with van der Waals surface area (Å²) in [6.07, 6.45) is 1.41. The van der Waals surface area contributed by atoms with Crippen molar-refractivity contribution >= 4 is 62.8 Å². The molecule has 0 fully saturated rings. The number of nitriles is 1. The number of esters is 1. The van der Waals surface area contributed by atoms with Crippen LogP contribution in [-0.2, 0) is 4.79 Å². The van der Waals surface area contributed by atoms with Crippen LogP contribution in [0.5, 0.6) is 5.75 Å². The number of halogens is 3. The van der Waals surface area contributed by atoms with Gasteiger partial charge in [0.05, 0.1) is 16.3 Å². The van der Waals surface area contributed by atoms with Crippen molar-refractivity contribution in [3.05, 3.63) is 97.9 Å². The summed E-state index contributed by atoms with van der Waals surface area (Å²) in [7, 11) is 0. The Morgan fingerprint density at radius 1 is 1.00 bits per heavy atom. The molecule has 8 heteroatoms. The third kappa shape index (κ3) is 6.19. The molecule has 3 aromatic carbocycles.